The summed E-state index contributed by atoms with van der Waals surface area (Å²) < 4.78 is 0. The van der Waals surface area contributed by atoms with Gasteiger partial charge in [0.25, 0.3) is 0 Å². The van der Waals surface area contributed by atoms with Crippen molar-refractivity contribution in [2.45, 2.75) is 181 Å². The van der Waals surface area contributed by atoms with Crippen molar-refractivity contribution < 1.29 is 73.2 Å². The molecule has 18 N–H and O–H groups in total. The number of rotatable bonds is 34. The lowest BCUT2D eigenvalue weighted by Gasteiger charge is -2.32. The highest BCUT2D eigenvalue weighted by Crippen LogP contribution is 2.22. The topological polar surface area (TPSA) is 459 Å². The Bertz CT molecular complexity index is 2040. The molecule has 0 aliphatic carbocycles. The van der Waals surface area contributed by atoms with Crippen LogP contribution >= 0.6 is 0 Å². The van der Waals surface area contributed by atoms with Crippen molar-refractivity contribution in [2.24, 2.45) is 45.9 Å². The molecule has 0 saturated carbocycles. The van der Waals surface area contributed by atoms with Gasteiger partial charge in [0.1, 0.15) is 54.4 Å². The number of hydrogen-bond donors (Lipinski definition) is 15. The highest BCUT2D eigenvalue weighted by Gasteiger charge is 2.41. The number of carboxylic acid groups (broad SMARTS) is 2. The standard InChI is InChI=1S/C48H85N13O15/c1-10-25(7)36(44(72)53-27(9)38(66)58-33(22-63)47(75)76)60-41(69)30(20-35(64)65)55-40(68)29(18-23(3)4)54-42(70)32(21-62)57-43(71)34-15-13-17-61(34)46(74)31(19-24(5)6)56-45(73)37(26(8)11-2)59-39(67)28(49)14-12-16-52-48(50)51/h23-34,36-37,62-63H,10-22,49H2,1-9H3,(H,53,72)(H,54,70)(H,55,68)(H,56,73)(H,57,71)(H,58,66)(H,59,67)(H,60,69)(H,64,65)(H,75,76)(H4,50,51,52)/t25-,26-,27-,28-,29-,30-,31-,32-,33-,34-,36-,37-/m0/s1. The average molecular weight is 1080 g/mol. The number of hydrogen-bond acceptors (Lipinski definition) is 15. The van der Waals surface area contributed by atoms with E-state index in [4.69, 9.17) is 22.3 Å². The van der Waals surface area contributed by atoms with Gasteiger partial charge in [0.15, 0.2) is 5.96 Å². The minimum absolute atomic E-state index is 0.0924. The molecule has 28 heteroatoms. The molecular formula is C48H85N13O15. The molecular weight excluding hydrogens is 999 g/mol. The molecule has 1 heterocycles. The number of aliphatic carboxylic acids is 2. The van der Waals surface area contributed by atoms with Gasteiger partial charge < -0.3 is 85.1 Å². The lowest BCUT2D eigenvalue weighted by atomic mass is 9.96. The normalized spacial score (nSPS) is 17.6. The molecule has 0 unspecified atom stereocenters. The van der Waals surface area contributed by atoms with E-state index in [1.807, 2.05) is 20.8 Å². The molecule has 0 spiro atoms. The van der Waals surface area contributed by atoms with E-state index in [-0.39, 0.29) is 68.9 Å². The van der Waals surface area contributed by atoms with Gasteiger partial charge in [-0.2, -0.15) is 0 Å². The third-order valence-corrected chi connectivity index (χ3v) is 12.8. The fourth-order valence-corrected chi connectivity index (χ4v) is 7.97. The second-order valence-corrected chi connectivity index (χ2v) is 20.1. The Morgan fingerprint density at radius 2 is 1.07 bits per heavy atom. The van der Waals surface area contributed by atoms with Crippen LogP contribution in [-0.4, -0.2) is 183 Å². The van der Waals surface area contributed by atoms with E-state index < -0.39 is 151 Å². The number of nitrogens with zero attached hydrogens (tertiary/aromatic N) is 2. The van der Waals surface area contributed by atoms with Crippen molar-refractivity contribution in [3.05, 3.63) is 0 Å². The molecule has 0 aromatic rings. The van der Waals surface area contributed by atoms with Gasteiger partial charge in [-0.25, -0.2) is 4.79 Å². The Morgan fingerprint density at radius 3 is 1.57 bits per heavy atom. The number of amides is 9. The lowest BCUT2D eigenvalue weighted by Crippen LogP contribution is -2.61. The monoisotopic (exact) mass is 1080 g/mol. The summed E-state index contributed by atoms with van der Waals surface area (Å²) in [5, 5.41) is 58.1. The summed E-state index contributed by atoms with van der Waals surface area (Å²) in [6.07, 6.45) is 0.929. The summed E-state index contributed by atoms with van der Waals surface area (Å²) in [5.41, 5.74) is 16.8. The van der Waals surface area contributed by atoms with E-state index in [9.17, 15) is 68.1 Å². The summed E-state index contributed by atoms with van der Waals surface area (Å²) in [4.78, 5) is 151. The van der Waals surface area contributed by atoms with Crippen molar-refractivity contribution in [1.82, 2.24) is 47.4 Å². The van der Waals surface area contributed by atoms with Crippen LogP contribution in [0.5, 0.6) is 0 Å². The Labute approximate surface area is 443 Å². The summed E-state index contributed by atoms with van der Waals surface area (Å²) in [6, 6.07) is -13.8. The van der Waals surface area contributed by atoms with Crippen molar-refractivity contribution >= 4 is 71.1 Å². The fraction of sp³-hybridized carbons (Fsp3) is 0.750. The van der Waals surface area contributed by atoms with E-state index in [0.717, 1.165) is 0 Å². The van der Waals surface area contributed by atoms with Crippen LogP contribution in [-0.2, 0) is 52.7 Å². The largest absolute Gasteiger partial charge is 0.481 e. The minimum atomic E-state index is -1.84. The fourth-order valence-electron chi connectivity index (χ4n) is 7.97. The molecule has 0 aromatic carbocycles. The molecule has 1 aliphatic rings. The molecule has 1 rings (SSSR count). The number of aliphatic hydroxyl groups is 2. The predicted octanol–water partition coefficient (Wildman–Crippen LogP) is -4.02. The molecule has 1 fully saturated rings. The zero-order valence-corrected chi connectivity index (χ0v) is 45.2. The maximum absolute atomic E-state index is 14.3. The molecule has 1 aliphatic heterocycles. The summed E-state index contributed by atoms with van der Waals surface area (Å²) in [6.45, 7) is 13.5. The van der Waals surface area contributed by atoms with Gasteiger partial charge in [0.05, 0.1) is 25.7 Å². The number of carboxylic acids is 2. The number of likely N-dealkylation sites (tertiary alicyclic amines) is 1. The number of guanidine groups is 1. The van der Waals surface area contributed by atoms with E-state index in [1.54, 1.807) is 34.6 Å². The smallest absolute Gasteiger partial charge is 0.328 e. The van der Waals surface area contributed by atoms with Crippen LogP contribution in [0.25, 0.3) is 0 Å². The van der Waals surface area contributed by atoms with Crippen molar-refractivity contribution in [3.8, 4) is 0 Å². The summed E-state index contributed by atoms with van der Waals surface area (Å²) in [5.74, 6) is -12.4. The van der Waals surface area contributed by atoms with Gasteiger partial charge in [-0.15, -0.1) is 0 Å². The molecule has 12 atom stereocenters. The van der Waals surface area contributed by atoms with E-state index >= 15 is 0 Å². The van der Waals surface area contributed by atoms with Gasteiger partial charge in [-0.3, -0.25) is 52.9 Å². The highest BCUT2D eigenvalue weighted by atomic mass is 16.4. The van der Waals surface area contributed by atoms with Crippen molar-refractivity contribution in [1.29, 1.82) is 0 Å². The highest BCUT2D eigenvalue weighted by molar-refractivity contribution is 5.99. The summed E-state index contributed by atoms with van der Waals surface area (Å²) >= 11 is 0. The van der Waals surface area contributed by atoms with Gasteiger partial charge in [-0.05, 0) is 69.1 Å². The van der Waals surface area contributed by atoms with Crippen molar-refractivity contribution in [3.63, 3.8) is 0 Å². The number of carbonyl (C=O) groups excluding carboxylic acids is 9. The second kappa shape index (κ2) is 33.4. The average Bonchev–Trinajstić information content (AvgIpc) is 3.85. The quantitative estimate of drug-likeness (QED) is 0.0166. The number of nitrogens with one attached hydrogen (secondary N) is 8. The van der Waals surface area contributed by atoms with Crippen LogP contribution in [0.3, 0.4) is 0 Å². The predicted molar refractivity (Wildman–Crippen MR) is 276 cm³/mol. The Hall–Kier alpha value is -6.68. The van der Waals surface area contributed by atoms with Crippen LogP contribution in [0, 0.1) is 23.7 Å². The first-order valence-electron chi connectivity index (χ1n) is 25.7. The number of carbonyl (C=O) groups is 11. The maximum Gasteiger partial charge on any atom is 0.328 e. The Morgan fingerprint density at radius 1 is 0.592 bits per heavy atom. The van der Waals surface area contributed by atoms with Crippen LogP contribution in [0.2, 0.25) is 0 Å². The summed E-state index contributed by atoms with van der Waals surface area (Å²) in [7, 11) is 0. The Kier molecular flexibility index (Phi) is 29.6. The third kappa shape index (κ3) is 22.7. The van der Waals surface area contributed by atoms with Crippen LogP contribution < -0.4 is 59.7 Å². The first-order chi connectivity index (χ1) is 35.5. The molecule has 9 amide bonds. The molecule has 0 radical (unpaired) electrons. The van der Waals surface area contributed by atoms with E-state index in [2.05, 4.69) is 47.5 Å². The minimum Gasteiger partial charge on any atom is -0.481 e. The number of aliphatic hydroxyl groups excluding tert-OH is 2. The van der Waals surface area contributed by atoms with E-state index in [0.29, 0.717) is 19.3 Å². The molecule has 0 bridgehead atoms. The Balaban J connectivity index is 3.30. The molecule has 0 aromatic heterocycles. The van der Waals surface area contributed by atoms with Gasteiger partial charge >= 0.3 is 11.9 Å². The van der Waals surface area contributed by atoms with Crippen LogP contribution in [0.4, 0.5) is 0 Å². The third-order valence-electron chi connectivity index (χ3n) is 12.8. The number of nitrogens with two attached hydrogens (primary N) is 3. The number of aliphatic imine (C=N–C) groups is 1. The van der Waals surface area contributed by atoms with Crippen LogP contribution in [0.1, 0.15) is 120 Å². The lowest BCUT2D eigenvalue weighted by molar-refractivity contribution is -0.143. The first-order valence-corrected chi connectivity index (χ1v) is 25.7. The SMILES string of the molecule is CC[C@H](C)[C@H](NC(=O)[C@H](CC(=O)O)NC(=O)[C@H](CC(C)C)NC(=O)[C@H](CO)NC(=O)[C@@H]1CCCN1C(=O)[C@H](CC(C)C)NC(=O)[C@@H](NC(=O)[C@@H](N)CCCN=C(N)N)[C@@H](C)CC)C(=O)N[C@@H](C)C(=O)N[C@@H](CO)C(=O)O. The zero-order valence-electron chi connectivity index (χ0n) is 45.2. The van der Waals surface area contributed by atoms with Gasteiger partial charge in [-0.1, -0.05) is 68.2 Å². The van der Waals surface area contributed by atoms with Gasteiger partial charge in [0, 0.05) is 13.1 Å². The maximum atomic E-state index is 14.3. The second-order valence-electron chi connectivity index (χ2n) is 20.1. The molecule has 76 heavy (non-hydrogen) atoms. The molecule has 1 saturated heterocycles. The molecule has 28 nitrogen and oxygen atoms in total. The zero-order chi connectivity index (χ0) is 58.1. The first kappa shape index (κ1) is 67.3. The van der Waals surface area contributed by atoms with Crippen molar-refractivity contribution in [2.75, 3.05) is 26.3 Å². The van der Waals surface area contributed by atoms with E-state index in [1.165, 1.54) is 11.8 Å². The van der Waals surface area contributed by atoms with Gasteiger partial charge in [0.2, 0.25) is 53.2 Å². The van der Waals surface area contributed by atoms with Crippen LogP contribution in [0.15, 0.2) is 4.99 Å². The molecule has 432 valence electrons.